The number of hydrogen-bond donors (Lipinski definition) is 2. The summed E-state index contributed by atoms with van der Waals surface area (Å²) in [5.41, 5.74) is 1.63. The zero-order chi connectivity index (χ0) is 15.2. The van der Waals surface area contributed by atoms with E-state index in [4.69, 9.17) is 9.84 Å². The largest absolute Gasteiger partial charge is 0.496 e. The van der Waals surface area contributed by atoms with E-state index in [1.54, 1.807) is 7.11 Å². The maximum absolute atomic E-state index is 11.0. The summed E-state index contributed by atoms with van der Waals surface area (Å²) in [6, 6.07) is 7.64. The second-order valence-corrected chi connectivity index (χ2v) is 4.38. The maximum atomic E-state index is 11.0. The topological polar surface area (TPSA) is 84.3 Å². The number of carbonyl (C=O) groups is 1. The first-order chi connectivity index (χ1) is 10.2. The Morgan fingerprint density at radius 3 is 2.81 bits per heavy atom. The molecule has 110 valence electrons. The van der Waals surface area contributed by atoms with Crippen LogP contribution in [0.4, 0.5) is 5.95 Å². The van der Waals surface area contributed by atoms with E-state index in [2.05, 4.69) is 15.3 Å². The zero-order valence-electron chi connectivity index (χ0n) is 12.0. The minimum absolute atomic E-state index is 0.139. The molecule has 0 atom stereocenters. The third kappa shape index (κ3) is 3.47. The second kappa shape index (κ2) is 6.69. The van der Waals surface area contributed by atoms with E-state index in [0.717, 1.165) is 11.3 Å². The molecule has 2 aromatic rings. The Hall–Kier alpha value is -2.63. The number of ether oxygens (including phenoxy) is 1. The van der Waals surface area contributed by atoms with Gasteiger partial charge >= 0.3 is 5.97 Å². The Balaban J connectivity index is 2.15. The first-order valence-corrected chi connectivity index (χ1v) is 6.60. The number of nitrogens with zero attached hydrogens (tertiary/aromatic N) is 2. The van der Waals surface area contributed by atoms with Gasteiger partial charge in [-0.15, -0.1) is 0 Å². The quantitative estimate of drug-likeness (QED) is 0.848. The average molecular weight is 287 g/mol. The van der Waals surface area contributed by atoms with Crippen LogP contribution in [-0.2, 0) is 13.0 Å². The Bertz CT molecular complexity index is 644. The van der Waals surface area contributed by atoms with E-state index in [1.165, 1.54) is 6.20 Å². The van der Waals surface area contributed by atoms with Crippen LogP contribution in [0.5, 0.6) is 5.75 Å². The van der Waals surface area contributed by atoms with Gasteiger partial charge < -0.3 is 15.2 Å². The Kier molecular flexibility index (Phi) is 4.71. The van der Waals surface area contributed by atoms with E-state index in [1.807, 2.05) is 31.2 Å². The molecule has 0 amide bonds. The van der Waals surface area contributed by atoms with Crippen LogP contribution in [0.25, 0.3) is 0 Å². The van der Waals surface area contributed by atoms with Crippen LogP contribution in [0.3, 0.4) is 0 Å². The molecule has 6 heteroatoms. The number of benzene rings is 1. The van der Waals surface area contributed by atoms with Gasteiger partial charge in [0, 0.05) is 18.3 Å². The SMILES string of the molecule is CCc1nc(NCc2ccccc2OC)ncc1C(=O)O. The summed E-state index contributed by atoms with van der Waals surface area (Å²) >= 11 is 0. The van der Waals surface area contributed by atoms with E-state index in [-0.39, 0.29) is 5.56 Å². The van der Waals surface area contributed by atoms with E-state index in [9.17, 15) is 4.79 Å². The number of carboxylic acids is 1. The molecule has 0 saturated heterocycles. The fraction of sp³-hybridized carbons (Fsp3) is 0.267. The Labute approximate surface area is 122 Å². The van der Waals surface area contributed by atoms with Gasteiger partial charge in [0.2, 0.25) is 5.95 Å². The standard InChI is InChI=1S/C15H17N3O3/c1-3-12-11(14(19)20)9-17-15(18-12)16-8-10-6-4-5-7-13(10)21-2/h4-7,9H,3,8H2,1-2H3,(H,19,20)(H,16,17,18). The van der Waals surface area contributed by atoms with Gasteiger partial charge in [-0.3, -0.25) is 0 Å². The third-order valence-electron chi connectivity index (χ3n) is 3.06. The molecule has 0 aliphatic rings. The van der Waals surface area contributed by atoms with Crippen molar-refractivity contribution in [3.05, 3.63) is 47.3 Å². The molecule has 1 aromatic carbocycles. The molecule has 1 heterocycles. The molecule has 0 fully saturated rings. The monoisotopic (exact) mass is 287 g/mol. The van der Waals surface area contributed by atoms with Crippen LogP contribution in [-0.4, -0.2) is 28.2 Å². The first-order valence-electron chi connectivity index (χ1n) is 6.60. The molecule has 1 aromatic heterocycles. The van der Waals surface area contributed by atoms with E-state index < -0.39 is 5.97 Å². The molecule has 6 nitrogen and oxygen atoms in total. The van der Waals surface area contributed by atoms with Gasteiger partial charge in [-0.2, -0.15) is 0 Å². The minimum Gasteiger partial charge on any atom is -0.496 e. The van der Waals surface area contributed by atoms with Crippen molar-refractivity contribution in [2.75, 3.05) is 12.4 Å². The number of para-hydroxylation sites is 1. The molecule has 0 unspecified atom stereocenters. The lowest BCUT2D eigenvalue weighted by Crippen LogP contribution is -2.10. The van der Waals surface area contributed by atoms with E-state index >= 15 is 0 Å². The summed E-state index contributed by atoms with van der Waals surface area (Å²) < 4.78 is 5.27. The third-order valence-corrected chi connectivity index (χ3v) is 3.06. The van der Waals surface area contributed by atoms with Crippen molar-refractivity contribution in [3.63, 3.8) is 0 Å². The molecule has 0 aliphatic carbocycles. The van der Waals surface area contributed by atoms with Gasteiger partial charge in [0.25, 0.3) is 0 Å². The van der Waals surface area contributed by atoms with Gasteiger partial charge in [-0.25, -0.2) is 14.8 Å². The molecule has 0 bridgehead atoms. The number of aryl methyl sites for hydroxylation is 1. The highest BCUT2D eigenvalue weighted by atomic mass is 16.5. The number of carboxylic acid groups (broad SMARTS) is 1. The van der Waals surface area contributed by atoms with Crippen molar-refractivity contribution in [1.29, 1.82) is 0 Å². The van der Waals surface area contributed by atoms with Gasteiger partial charge in [0.05, 0.1) is 18.4 Å². The molecule has 0 aliphatic heterocycles. The summed E-state index contributed by atoms with van der Waals surface area (Å²) in [7, 11) is 1.62. The molecule has 2 rings (SSSR count). The lowest BCUT2D eigenvalue weighted by Gasteiger charge is -2.10. The highest BCUT2D eigenvalue weighted by molar-refractivity contribution is 5.88. The summed E-state index contributed by atoms with van der Waals surface area (Å²) in [5, 5.41) is 12.1. The average Bonchev–Trinajstić information content (AvgIpc) is 2.52. The van der Waals surface area contributed by atoms with Crippen molar-refractivity contribution in [2.24, 2.45) is 0 Å². The number of aromatic carboxylic acids is 1. The minimum atomic E-state index is -1.01. The fourth-order valence-electron chi connectivity index (χ4n) is 1.97. The predicted molar refractivity (Wildman–Crippen MR) is 78.7 cm³/mol. The number of rotatable bonds is 6. The van der Waals surface area contributed by atoms with Crippen molar-refractivity contribution in [3.8, 4) is 5.75 Å². The second-order valence-electron chi connectivity index (χ2n) is 4.38. The molecule has 2 N–H and O–H groups in total. The van der Waals surface area contributed by atoms with Gasteiger partial charge in [0.15, 0.2) is 0 Å². The number of nitrogens with one attached hydrogen (secondary N) is 1. The lowest BCUT2D eigenvalue weighted by atomic mass is 10.2. The number of aromatic nitrogens is 2. The Morgan fingerprint density at radius 2 is 2.14 bits per heavy atom. The Morgan fingerprint density at radius 1 is 1.38 bits per heavy atom. The highest BCUT2D eigenvalue weighted by Gasteiger charge is 2.12. The van der Waals surface area contributed by atoms with Crippen LogP contribution in [0, 0.1) is 0 Å². The first kappa shape index (κ1) is 14.8. The van der Waals surface area contributed by atoms with Crippen molar-refractivity contribution >= 4 is 11.9 Å². The van der Waals surface area contributed by atoms with E-state index in [0.29, 0.717) is 24.6 Å². The molecular weight excluding hydrogens is 270 g/mol. The predicted octanol–water partition coefficient (Wildman–Crippen LogP) is 2.36. The smallest absolute Gasteiger partial charge is 0.339 e. The van der Waals surface area contributed by atoms with Crippen molar-refractivity contribution in [2.45, 2.75) is 19.9 Å². The molecular formula is C15H17N3O3. The summed E-state index contributed by atoms with van der Waals surface area (Å²) in [5.74, 6) is 0.175. The van der Waals surface area contributed by atoms with Crippen LogP contribution in [0.15, 0.2) is 30.5 Å². The highest BCUT2D eigenvalue weighted by Crippen LogP contribution is 2.18. The zero-order valence-corrected chi connectivity index (χ0v) is 12.0. The number of methoxy groups -OCH3 is 1. The normalized spacial score (nSPS) is 10.2. The van der Waals surface area contributed by atoms with Gasteiger partial charge in [0.1, 0.15) is 5.75 Å². The van der Waals surface area contributed by atoms with Crippen LogP contribution in [0.2, 0.25) is 0 Å². The molecule has 0 radical (unpaired) electrons. The summed E-state index contributed by atoms with van der Waals surface area (Å²) in [6.07, 6.45) is 1.87. The molecule has 0 spiro atoms. The van der Waals surface area contributed by atoms with Crippen LogP contribution in [0.1, 0.15) is 28.5 Å². The maximum Gasteiger partial charge on any atom is 0.339 e. The van der Waals surface area contributed by atoms with Crippen LogP contribution < -0.4 is 10.1 Å². The summed E-state index contributed by atoms with van der Waals surface area (Å²) in [4.78, 5) is 19.3. The van der Waals surface area contributed by atoms with Crippen molar-refractivity contribution in [1.82, 2.24) is 9.97 Å². The fourth-order valence-corrected chi connectivity index (χ4v) is 1.97. The van der Waals surface area contributed by atoms with Crippen molar-refractivity contribution < 1.29 is 14.6 Å². The number of hydrogen-bond acceptors (Lipinski definition) is 5. The number of anilines is 1. The molecule has 0 saturated carbocycles. The van der Waals surface area contributed by atoms with Gasteiger partial charge in [-0.05, 0) is 12.5 Å². The summed E-state index contributed by atoms with van der Waals surface area (Å²) in [6.45, 7) is 2.36. The van der Waals surface area contributed by atoms with Gasteiger partial charge in [-0.1, -0.05) is 25.1 Å². The lowest BCUT2D eigenvalue weighted by molar-refractivity contribution is 0.0694. The van der Waals surface area contributed by atoms with Crippen LogP contribution >= 0.6 is 0 Å². The molecule has 21 heavy (non-hydrogen) atoms.